The first kappa shape index (κ1) is 19.9. The van der Waals surface area contributed by atoms with Crippen molar-refractivity contribution >= 4 is 11.9 Å². The van der Waals surface area contributed by atoms with Crippen molar-refractivity contribution in [2.24, 2.45) is 5.92 Å². The fraction of sp³-hybridized carbons (Fsp3) is 0.391. The predicted molar refractivity (Wildman–Crippen MR) is 112 cm³/mol. The van der Waals surface area contributed by atoms with Gasteiger partial charge in [0.1, 0.15) is 0 Å². The Bertz CT molecular complexity index is 839. The quantitative estimate of drug-likeness (QED) is 0.881. The van der Waals surface area contributed by atoms with Crippen LogP contribution in [-0.4, -0.2) is 48.9 Å². The minimum absolute atomic E-state index is 0.0202. The molecule has 5 nitrogen and oxygen atoms in total. The number of carbonyl (C=O) groups is 2. The zero-order valence-electron chi connectivity index (χ0n) is 16.9. The highest BCUT2D eigenvalue weighted by Crippen LogP contribution is 2.22. The molecule has 1 aliphatic heterocycles. The Morgan fingerprint density at radius 1 is 1.04 bits per heavy atom. The molecule has 148 valence electrons. The topological polar surface area (TPSA) is 52.7 Å². The van der Waals surface area contributed by atoms with E-state index in [-0.39, 0.29) is 17.9 Å². The van der Waals surface area contributed by atoms with Crippen LogP contribution in [0.3, 0.4) is 0 Å². The van der Waals surface area contributed by atoms with E-state index in [1.807, 2.05) is 17.0 Å². The smallest absolute Gasteiger partial charge is 0.319 e. The Hall–Kier alpha value is -2.82. The summed E-state index contributed by atoms with van der Waals surface area (Å²) in [7, 11) is 3.51. The van der Waals surface area contributed by atoms with Crippen molar-refractivity contribution in [3.63, 3.8) is 0 Å². The summed E-state index contributed by atoms with van der Waals surface area (Å²) in [6.07, 6.45) is 1.43. The third-order valence-corrected chi connectivity index (χ3v) is 5.26. The van der Waals surface area contributed by atoms with Gasteiger partial charge in [-0.3, -0.25) is 4.79 Å². The van der Waals surface area contributed by atoms with Crippen molar-refractivity contribution in [3.8, 4) is 11.1 Å². The third kappa shape index (κ3) is 4.91. The van der Waals surface area contributed by atoms with Gasteiger partial charge in [0.25, 0.3) is 0 Å². The number of amides is 3. The van der Waals surface area contributed by atoms with E-state index in [1.54, 1.807) is 19.0 Å². The molecule has 0 aliphatic carbocycles. The van der Waals surface area contributed by atoms with Crippen molar-refractivity contribution in [3.05, 3.63) is 59.7 Å². The van der Waals surface area contributed by atoms with Crippen LogP contribution in [-0.2, 0) is 11.3 Å². The van der Waals surface area contributed by atoms with Gasteiger partial charge >= 0.3 is 6.03 Å². The van der Waals surface area contributed by atoms with Crippen molar-refractivity contribution in [2.75, 3.05) is 27.2 Å². The SMILES string of the molecule is Cc1cccc(-c2cccc(CNC(=O)C3CCN(C(=O)N(C)C)CC3)c2)c1. The van der Waals surface area contributed by atoms with Crippen LogP contribution in [0.1, 0.15) is 24.0 Å². The molecule has 1 aliphatic rings. The number of nitrogens with zero attached hydrogens (tertiary/aromatic N) is 2. The lowest BCUT2D eigenvalue weighted by Crippen LogP contribution is -2.46. The molecule has 0 saturated carbocycles. The summed E-state index contributed by atoms with van der Waals surface area (Å²) in [5.74, 6) is 0.0593. The molecule has 0 unspecified atom stereocenters. The van der Waals surface area contributed by atoms with Gasteiger partial charge in [0, 0.05) is 39.6 Å². The molecule has 0 bridgehead atoms. The molecule has 1 saturated heterocycles. The molecular weight excluding hydrogens is 350 g/mol. The summed E-state index contributed by atoms with van der Waals surface area (Å²) in [6.45, 7) is 3.89. The minimum Gasteiger partial charge on any atom is -0.352 e. The highest BCUT2D eigenvalue weighted by atomic mass is 16.2. The molecule has 0 aromatic heterocycles. The summed E-state index contributed by atoms with van der Waals surface area (Å²) in [5, 5.41) is 3.07. The number of rotatable bonds is 4. The van der Waals surface area contributed by atoms with Gasteiger partial charge in [0.2, 0.25) is 5.91 Å². The molecule has 1 N–H and O–H groups in total. The van der Waals surface area contributed by atoms with Gasteiger partial charge in [-0.25, -0.2) is 4.79 Å². The molecule has 2 aromatic carbocycles. The maximum Gasteiger partial charge on any atom is 0.319 e. The molecule has 1 fully saturated rings. The maximum absolute atomic E-state index is 12.6. The average Bonchev–Trinajstić information content (AvgIpc) is 2.71. The molecule has 3 rings (SSSR count). The molecule has 5 heteroatoms. The second kappa shape index (κ2) is 8.91. The number of benzene rings is 2. The van der Waals surface area contributed by atoms with Crippen LogP contribution >= 0.6 is 0 Å². The maximum atomic E-state index is 12.6. The summed E-state index contributed by atoms with van der Waals surface area (Å²) in [6, 6.07) is 16.7. The van der Waals surface area contributed by atoms with E-state index in [2.05, 4.69) is 48.6 Å². The van der Waals surface area contributed by atoms with Gasteiger partial charge < -0.3 is 15.1 Å². The standard InChI is InChI=1S/C23H29N3O2/c1-17-6-4-8-20(14-17)21-9-5-7-18(15-21)16-24-22(27)19-10-12-26(13-11-19)23(28)25(2)3/h4-9,14-15,19H,10-13,16H2,1-3H3,(H,24,27). The average molecular weight is 380 g/mol. The fourth-order valence-corrected chi connectivity index (χ4v) is 3.63. The number of nitrogens with one attached hydrogen (secondary N) is 1. The van der Waals surface area contributed by atoms with Crippen LogP contribution in [0.4, 0.5) is 4.79 Å². The molecule has 3 amide bonds. The van der Waals surface area contributed by atoms with E-state index in [0.717, 1.165) is 24.0 Å². The van der Waals surface area contributed by atoms with Crippen molar-refractivity contribution in [1.29, 1.82) is 0 Å². The van der Waals surface area contributed by atoms with Gasteiger partial charge in [-0.1, -0.05) is 48.0 Å². The number of carbonyl (C=O) groups excluding carboxylic acids is 2. The van der Waals surface area contributed by atoms with Gasteiger partial charge in [0.05, 0.1) is 0 Å². The highest BCUT2D eigenvalue weighted by molar-refractivity contribution is 5.79. The van der Waals surface area contributed by atoms with Gasteiger partial charge in [-0.15, -0.1) is 0 Å². The second-order valence-electron chi connectivity index (χ2n) is 7.73. The Balaban J connectivity index is 1.54. The van der Waals surface area contributed by atoms with Gasteiger partial charge in [0.15, 0.2) is 0 Å². The molecule has 0 spiro atoms. The molecular formula is C23H29N3O2. The Morgan fingerprint density at radius 3 is 2.32 bits per heavy atom. The van der Waals surface area contributed by atoms with E-state index < -0.39 is 0 Å². The summed E-state index contributed by atoms with van der Waals surface area (Å²) < 4.78 is 0. The van der Waals surface area contributed by atoms with E-state index in [0.29, 0.717) is 19.6 Å². The lowest BCUT2D eigenvalue weighted by molar-refractivity contribution is -0.126. The van der Waals surface area contributed by atoms with Gasteiger partial charge in [-0.05, 0) is 42.5 Å². The van der Waals surface area contributed by atoms with Crippen LogP contribution in [0, 0.1) is 12.8 Å². The first-order valence-electron chi connectivity index (χ1n) is 9.84. The molecule has 28 heavy (non-hydrogen) atoms. The van der Waals surface area contributed by atoms with E-state index in [9.17, 15) is 9.59 Å². The monoisotopic (exact) mass is 379 g/mol. The van der Waals surface area contributed by atoms with E-state index in [1.165, 1.54) is 11.1 Å². The lowest BCUT2D eigenvalue weighted by Gasteiger charge is -2.33. The summed E-state index contributed by atoms with van der Waals surface area (Å²) in [5.41, 5.74) is 4.67. The largest absolute Gasteiger partial charge is 0.352 e. The number of hydrogen-bond donors (Lipinski definition) is 1. The Morgan fingerprint density at radius 2 is 1.68 bits per heavy atom. The molecule has 0 atom stereocenters. The summed E-state index contributed by atoms with van der Waals surface area (Å²) in [4.78, 5) is 28.0. The number of piperidine rings is 1. The fourth-order valence-electron chi connectivity index (χ4n) is 3.63. The van der Waals surface area contributed by atoms with E-state index in [4.69, 9.17) is 0 Å². The van der Waals surface area contributed by atoms with Crippen LogP contribution in [0.25, 0.3) is 11.1 Å². The van der Waals surface area contributed by atoms with Crippen LogP contribution in [0.2, 0.25) is 0 Å². The Kier molecular flexibility index (Phi) is 6.34. The number of urea groups is 1. The summed E-state index contributed by atoms with van der Waals surface area (Å²) >= 11 is 0. The zero-order chi connectivity index (χ0) is 20.1. The van der Waals surface area contributed by atoms with Crippen molar-refractivity contribution in [1.82, 2.24) is 15.1 Å². The Labute approximate surface area is 167 Å². The molecule has 2 aromatic rings. The first-order chi connectivity index (χ1) is 13.4. The minimum atomic E-state index is -0.0221. The lowest BCUT2D eigenvalue weighted by atomic mass is 9.96. The number of aryl methyl sites for hydroxylation is 1. The number of hydrogen-bond acceptors (Lipinski definition) is 2. The third-order valence-electron chi connectivity index (χ3n) is 5.26. The van der Waals surface area contributed by atoms with Gasteiger partial charge in [-0.2, -0.15) is 0 Å². The first-order valence-corrected chi connectivity index (χ1v) is 9.84. The van der Waals surface area contributed by atoms with E-state index >= 15 is 0 Å². The zero-order valence-corrected chi connectivity index (χ0v) is 16.9. The second-order valence-corrected chi connectivity index (χ2v) is 7.73. The highest BCUT2D eigenvalue weighted by Gasteiger charge is 2.27. The number of likely N-dealkylation sites (tertiary alicyclic amines) is 1. The molecule has 0 radical (unpaired) electrons. The predicted octanol–water partition coefficient (Wildman–Crippen LogP) is 3.67. The van der Waals surface area contributed by atoms with Crippen molar-refractivity contribution in [2.45, 2.75) is 26.3 Å². The van der Waals surface area contributed by atoms with Crippen molar-refractivity contribution < 1.29 is 9.59 Å². The van der Waals surface area contributed by atoms with Crippen LogP contribution < -0.4 is 5.32 Å². The van der Waals surface area contributed by atoms with Crippen LogP contribution in [0.5, 0.6) is 0 Å². The molecule has 1 heterocycles. The normalized spacial score (nSPS) is 14.6. The van der Waals surface area contributed by atoms with Crippen LogP contribution in [0.15, 0.2) is 48.5 Å².